The monoisotopic (exact) mass is 166 g/mol. The zero-order valence-electron chi connectivity index (χ0n) is 7.03. The van der Waals surface area contributed by atoms with E-state index in [-0.39, 0.29) is 0 Å². The third kappa shape index (κ3) is 1.18. The van der Waals surface area contributed by atoms with Crippen molar-refractivity contribution in [2.75, 3.05) is 18.0 Å². The Morgan fingerprint density at radius 2 is 2.67 bits per heavy atom. The molecule has 4 nitrogen and oxygen atoms in total. The van der Waals surface area contributed by atoms with Crippen molar-refractivity contribution in [3.05, 3.63) is 12.4 Å². The molecule has 4 heteroatoms. The van der Waals surface area contributed by atoms with Gasteiger partial charge in [0.25, 0.3) is 0 Å². The zero-order chi connectivity index (χ0) is 8.39. The Balaban J connectivity index is 2.13. The van der Waals surface area contributed by atoms with E-state index in [0.717, 1.165) is 13.1 Å². The number of nitrogens with one attached hydrogen (secondary N) is 1. The van der Waals surface area contributed by atoms with Crippen molar-refractivity contribution in [3.63, 3.8) is 0 Å². The van der Waals surface area contributed by atoms with E-state index in [0.29, 0.717) is 6.04 Å². The molecular weight excluding hydrogens is 152 g/mol. The Labute approximate surface area is 71.7 Å². The summed E-state index contributed by atoms with van der Waals surface area (Å²) in [5.74, 6) is 0. The highest BCUT2D eigenvalue weighted by Crippen LogP contribution is 2.23. The molecule has 3 N–H and O–H groups in total. The first-order valence-electron chi connectivity index (χ1n) is 4.37. The van der Waals surface area contributed by atoms with Crippen LogP contribution in [0.15, 0.2) is 12.4 Å². The molecule has 12 heavy (non-hydrogen) atoms. The van der Waals surface area contributed by atoms with Gasteiger partial charge in [0.15, 0.2) is 0 Å². The van der Waals surface area contributed by atoms with Crippen molar-refractivity contribution in [2.24, 2.45) is 5.73 Å². The predicted octanol–water partition coefficient (Wildman–Crippen LogP) is 0.337. The summed E-state index contributed by atoms with van der Waals surface area (Å²) in [4.78, 5) is 2.32. The van der Waals surface area contributed by atoms with Crippen molar-refractivity contribution < 1.29 is 0 Å². The van der Waals surface area contributed by atoms with Crippen molar-refractivity contribution in [2.45, 2.75) is 18.9 Å². The van der Waals surface area contributed by atoms with Crippen LogP contribution in [0.5, 0.6) is 0 Å². The van der Waals surface area contributed by atoms with E-state index in [1.807, 2.05) is 12.4 Å². The molecule has 0 amide bonds. The lowest BCUT2D eigenvalue weighted by molar-refractivity contribution is 0.677. The topological polar surface area (TPSA) is 57.9 Å². The number of nitrogens with zero attached hydrogens (tertiary/aromatic N) is 2. The lowest BCUT2D eigenvalue weighted by Gasteiger charge is -2.23. The van der Waals surface area contributed by atoms with Crippen molar-refractivity contribution in [3.8, 4) is 0 Å². The molecule has 0 unspecified atom stereocenters. The predicted molar refractivity (Wildman–Crippen MR) is 48.0 cm³/mol. The van der Waals surface area contributed by atoms with E-state index in [9.17, 15) is 0 Å². The van der Waals surface area contributed by atoms with Crippen LogP contribution in [0.25, 0.3) is 0 Å². The van der Waals surface area contributed by atoms with Crippen LogP contribution in [0.1, 0.15) is 12.8 Å². The maximum atomic E-state index is 5.66. The lowest BCUT2D eigenvalue weighted by Crippen LogP contribution is -2.35. The van der Waals surface area contributed by atoms with E-state index in [1.165, 1.54) is 18.5 Å². The van der Waals surface area contributed by atoms with Gasteiger partial charge in [-0.05, 0) is 12.8 Å². The third-order valence-electron chi connectivity index (χ3n) is 2.46. The average molecular weight is 166 g/mol. The van der Waals surface area contributed by atoms with Gasteiger partial charge < -0.3 is 10.6 Å². The minimum absolute atomic E-state index is 0.516. The van der Waals surface area contributed by atoms with Crippen LogP contribution >= 0.6 is 0 Å². The van der Waals surface area contributed by atoms with Gasteiger partial charge in [-0.2, -0.15) is 5.10 Å². The number of H-pyrrole nitrogens is 1. The third-order valence-corrected chi connectivity index (χ3v) is 2.46. The van der Waals surface area contributed by atoms with Crippen LogP contribution in [0.3, 0.4) is 0 Å². The first-order chi connectivity index (χ1) is 5.92. The summed E-state index contributed by atoms with van der Waals surface area (Å²) in [6.07, 6.45) is 6.23. The molecule has 2 heterocycles. The first kappa shape index (κ1) is 7.61. The average Bonchev–Trinajstić information content (AvgIpc) is 2.74. The number of aromatic amines is 1. The molecule has 1 fully saturated rings. The highest BCUT2D eigenvalue weighted by atomic mass is 15.2. The molecular formula is C8H14N4. The Morgan fingerprint density at radius 3 is 3.33 bits per heavy atom. The Bertz CT molecular complexity index is 231. The second-order valence-corrected chi connectivity index (χ2v) is 3.18. The van der Waals surface area contributed by atoms with Gasteiger partial charge in [-0.15, -0.1) is 0 Å². The molecule has 66 valence electrons. The van der Waals surface area contributed by atoms with E-state index in [2.05, 4.69) is 15.1 Å². The molecule has 0 spiro atoms. The quantitative estimate of drug-likeness (QED) is 0.666. The fourth-order valence-electron chi connectivity index (χ4n) is 1.82. The van der Waals surface area contributed by atoms with Crippen molar-refractivity contribution in [1.82, 2.24) is 10.2 Å². The van der Waals surface area contributed by atoms with Gasteiger partial charge in [0, 0.05) is 25.3 Å². The fraction of sp³-hybridized carbons (Fsp3) is 0.625. The molecule has 0 saturated carbocycles. The normalized spacial score (nSPS) is 23.4. The Hall–Kier alpha value is -1.03. The van der Waals surface area contributed by atoms with Gasteiger partial charge >= 0.3 is 0 Å². The molecule has 1 aromatic heterocycles. The number of anilines is 1. The van der Waals surface area contributed by atoms with Crippen LogP contribution in [0.2, 0.25) is 0 Å². The first-order valence-corrected chi connectivity index (χ1v) is 4.37. The van der Waals surface area contributed by atoms with E-state index < -0.39 is 0 Å². The molecule has 1 saturated heterocycles. The molecule has 1 aliphatic rings. The summed E-state index contributed by atoms with van der Waals surface area (Å²) in [6, 6.07) is 0.516. The second kappa shape index (κ2) is 3.15. The van der Waals surface area contributed by atoms with Gasteiger partial charge in [-0.1, -0.05) is 0 Å². The second-order valence-electron chi connectivity index (χ2n) is 3.18. The molecule has 0 aliphatic carbocycles. The standard InChI is InChI=1S/C8H14N4/c9-4-7-2-1-3-12(7)8-5-10-11-6-8/h5-7H,1-4,9H2,(H,10,11)/t7-/m0/s1. The summed E-state index contributed by atoms with van der Waals surface area (Å²) in [7, 11) is 0. The minimum Gasteiger partial charge on any atom is -0.365 e. The SMILES string of the molecule is NC[C@@H]1CCCN1c1cn[nH]c1. The van der Waals surface area contributed by atoms with Crippen LogP contribution in [-0.4, -0.2) is 29.3 Å². The van der Waals surface area contributed by atoms with E-state index >= 15 is 0 Å². The maximum absolute atomic E-state index is 5.66. The van der Waals surface area contributed by atoms with Gasteiger partial charge in [0.05, 0.1) is 11.9 Å². The Kier molecular flexibility index (Phi) is 1.99. The molecule has 0 bridgehead atoms. The highest BCUT2D eigenvalue weighted by Gasteiger charge is 2.23. The summed E-state index contributed by atoms with van der Waals surface area (Å²) in [5, 5.41) is 6.75. The summed E-state index contributed by atoms with van der Waals surface area (Å²) in [6.45, 7) is 1.85. The Morgan fingerprint density at radius 1 is 1.75 bits per heavy atom. The summed E-state index contributed by atoms with van der Waals surface area (Å²) < 4.78 is 0. The molecule has 2 rings (SSSR count). The summed E-state index contributed by atoms with van der Waals surface area (Å²) >= 11 is 0. The van der Waals surface area contributed by atoms with Crippen LogP contribution in [0, 0.1) is 0 Å². The molecule has 1 aliphatic heterocycles. The molecule has 1 aromatic rings. The van der Waals surface area contributed by atoms with Gasteiger partial charge in [0.2, 0.25) is 0 Å². The molecule has 1 atom stereocenters. The van der Waals surface area contributed by atoms with Gasteiger partial charge in [-0.25, -0.2) is 0 Å². The van der Waals surface area contributed by atoms with E-state index in [4.69, 9.17) is 5.73 Å². The zero-order valence-corrected chi connectivity index (χ0v) is 7.03. The number of aromatic nitrogens is 2. The smallest absolute Gasteiger partial charge is 0.0752 e. The highest BCUT2D eigenvalue weighted by molar-refractivity contribution is 5.44. The van der Waals surface area contributed by atoms with Crippen molar-refractivity contribution >= 4 is 5.69 Å². The fourth-order valence-corrected chi connectivity index (χ4v) is 1.82. The summed E-state index contributed by atoms with van der Waals surface area (Å²) in [5.41, 5.74) is 6.83. The minimum atomic E-state index is 0.516. The van der Waals surface area contributed by atoms with Gasteiger partial charge in [0.1, 0.15) is 0 Å². The number of hydrogen-bond acceptors (Lipinski definition) is 3. The van der Waals surface area contributed by atoms with Crippen LogP contribution < -0.4 is 10.6 Å². The molecule has 0 radical (unpaired) electrons. The van der Waals surface area contributed by atoms with E-state index in [1.54, 1.807) is 0 Å². The number of hydrogen-bond donors (Lipinski definition) is 2. The van der Waals surface area contributed by atoms with Crippen LogP contribution in [-0.2, 0) is 0 Å². The van der Waals surface area contributed by atoms with Crippen LogP contribution in [0.4, 0.5) is 5.69 Å². The van der Waals surface area contributed by atoms with Crippen molar-refractivity contribution in [1.29, 1.82) is 0 Å². The maximum Gasteiger partial charge on any atom is 0.0752 e. The molecule has 0 aromatic carbocycles. The lowest BCUT2D eigenvalue weighted by atomic mass is 10.2. The van der Waals surface area contributed by atoms with Gasteiger partial charge in [-0.3, -0.25) is 5.10 Å². The largest absolute Gasteiger partial charge is 0.365 e. The number of nitrogens with two attached hydrogens (primary N) is 1. The number of rotatable bonds is 2.